The molecule has 0 fully saturated rings. The van der Waals surface area contributed by atoms with Gasteiger partial charge in [-0.15, -0.1) is 11.3 Å². The molecule has 0 bridgehead atoms. The zero-order valence-corrected chi connectivity index (χ0v) is 54.8. The van der Waals surface area contributed by atoms with E-state index in [0.29, 0.717) is 0 Å². The van der Waals surface area contributed by atoms with Crippen molar-refractivity contribution in [3.05, 3.63) is 290 Å². The lowest BCUT2D eigenvalue weighted by molar-refractivity contribution is 0.506. The van der Waals surface area contributed by atoms with Crippen molar-refractivity contribution >= 4 is 127 Å². The summed E-state index contributed by atoms with van der Waals surface area (Å²) in [5, 5.41) is 8.87. The monoisotopic (exact) mass is 1200 g/mol. The second-order valence-corrected chi connectivity index (χ2v) is 29.2. The topological polar surface area (TPSA) is 9.72 Å². The number of hydrogen-bond donors (Lipinski definition) is 0. The van der Waals surface area contributed by atoms with Crippen molar-refractivity contribution in [1.29, 1.82) is 0 Å². The van der Waals surface area contributed by atoms with E-state index in [1.54, 1.807) is 0 Å². The van der Waals surface area contributed by atoms with E-state index in [-0.39, 0.29) is 23.0 Å². The molecule has 16 rings (SSSR count). The summed E-state index contributed by atoms with van der Waals surface area (Å²) in [6.07, 6.45) is 1.04. The summed E-state index contributed by atoms with van der Waals surface area (Å²) in [7, 11) is 0. The second-order valence-electron chi connectivity index (χ2n) is 28.1. The third-order valence-electron chi connectivity index (χ3n) is 20.1. The summed E-state index contributed by atoms with van der Waals surface area (Å²) in [5.74, 6) is 0. The summed E-state index contributed by atoms with van der Waals surface area (Å²) in [6.45, 7) is 21.0. The van der Waals surface area contributed by atoms with Gasteiger partial charge in [-0.1, -0.05) is 250 Å². The van der Waals surface area contributed by atoms with Gasteiger partial charge in [0.25, 0.3) is 6.71 Å². The van der Waals surface area contributed by atoms with Crippen LogP contribution in [0.1, 0.15) is 85.4 Å². The van der Waals surface area contributed by atoms with Gasteiger partial charge in [0.2, 0.25) is 0 Å². The highest BCUT2D eigenvalue weighted by molar-refractivity contribution is 7.33. The Bertz CT molecular complexity index is 5120. The van der Waals surface area contributed by atoms with Crippen LogP contribution >= 0.6 is 11.3 Å². The van der Waals surface area contributed by atoms with E-state index >= 15 is 0 Å². The number of hydrogen-bond acceptors (Lipinski definition) is 4. The van der Waals surface area contributed by atoms with E-state index < -0.39 is 0 Å². The lowest BCUT2D eigenvalue weighted by atomic mass is 9.36. The summed E-state index contributed by atoms with van der Waals surface area (Å²) in [4.78, 5) is 7.80. The van der Waals surface area contributed by atoms with Gasteiger partial charge < -0.3 is 14.7 Å². The number of para-hydroxylation sites is 2. The number of thiophene rings is 1. The van der Waals surface area contributed by atoms with Crippen molar-refractivity contribution in [2.75, 3.05) is 14.7 Å². The highest BCUT2D eigenvalue weighted by atomic mass is 32.1. The summed E-state index contributed by atoms with van der Waals surface area (Å²) < 4.78 is 2.64. The summed E-state index contributed by atoms with van der Waals surface area (Å²) >= 11 is 1.97. The molecule has 0 radical (unpaired) electrons. The standard InChI is InChI=1S/C87H74BN3S/c1-10-87(8,9)61-40-44-66(45-41-61)90-79-54-67(89(64-26-16-12-17-27-64)65-28-18-13-19-29-65)55-80-82(79)88(84-83(90)75-53-63(86(5,6)7)43-49-81(75)92-84)76-47-39-59(58-36-34-57(35-37-58)56-24-14-11-15-25-56)51-78(76)91(80)77-48-42-62(85(2,3)4)52-73(77)60-38-46-72-70-32-21-20-30-68(70)69-31-22-23-33-71(69)74(72)50-60/h11-55H,10H2,1-9H3. The molecule has 5 heteroatoms. The average Bonchev–Trinajstić information content (AvgIpc) is 1.14. The third kappa shape index (κ3) is 9.54. The van der Waals surface area contributed by atoms with Crippen molar-refractivity contribution < 1.29 is 0 Å². The number of fused-ring (bicyclic) bond motifs is 12. The van der Waals surface area contributed by atoms with Crippen LogP contribution in [-0.4, -0.2) is 6.71 Å². The minimum absolute atomic E-state index is 0.0114. The summed E-state index contributed by atoms with van der Waals surface area (Å²) in [6, 6.07) is 104. The van der Waals surface area contributed by atoms with Crippen molar-refractivity contribution in [3.8, 4) is 33.4 Å². The number of anilines is 9. The van der Waals surface area contributed by atoms with Crippen LogP contribution in [-0.2, 0) is 16.2 Å². The minimum Gasteiger partial charge on any atom is -0.311 e. The fourth-order valence-electron chi connectivity index (χ4n) is 14.6. The maximum Gasteiger partial charge on any atom is 0.264 e. The largest absolute Gasteiger partial charge is 0.311 e. The molecule has 3 nitrogen and oxygen atoms in total. The van der Waals surface area contributed by atoms with Crippen LogP contribution in [0.5, 0.6) is 0 Å². The fourth-order valence-corrected chi connectivity index (χ4v) is 15.9. The Hall–Kier alpha value is -9.94. The van der Waals surface area contributed by atoms with Crippen LogP contribution in [0.25, 0.3) is 75.8 Å². The van der Waals surface area contributed by atoms with E-state index in [1.807, 2.05) is 11.3 Å². The molecule has 0 atom stereocenters. The molecule has 0 unspecified atom stereocenters. The molecular weight excluding hydrogens is 1130 g/mol. The minimum atomic E-state index is -0.144. The molecule has 14 aromatic rings. The Labute approximate surface area is 546 Å². The molecular formula is C87H74BN3S. The Morgan fingerprint density at radius 3 is 1.45 bits per heavy atom. The van der Waals surface area contributed by atoms with Crippen molar-refractivity contribution in [2.24, 2.45) is 0 Å². The van der Waals surface area contributed by atoms with Gasteiger partial charge >= 0.3 is 0 Å². The maximum absolute atomic E-state index is 2.68. The zero-order chi connectivity index (χ0) is 62.8. The van der Waals surface area contributed by atoms with Gasteiger partial charge in [0, 0.05) is 54.6 Å². The Kier molecular flexibility index (Phi) is 13.6. The molecule has 92 heavy (non-hydrogen) atoms. The molecule has 3 heterocycles. The Morgan fingerprint density at radius 2 is 0.848 bits per heavy atom. The van der Waals surface area contributed by atoms with Gasteiger partial charge in [-0.05, 0) is 195 Å². The normalized spacial score (nSPS) is 13.0. The predicted molar refractivity (Wildman–Crippen MR) is 400 cm³/mol. The fraction of sp³-hybridized carbons (Fsp3) is 0.149. The van der Waals surface area contributed by atoms with Crippen LogP contribution in [0, 0.1) is 0 Å². The highest BCUT2D eigenvalue weighted by Crippen LogP contribution is 2.54. The van der Waals surface area contributed by atoms with E-state index in [2.05, 4.69) is 350 Å². The average molecular weight is 1200 g/mol. The van der Waals surface area contributed by atoms with Gasteiger partial charge in [0.05, 0.1) is 17.1 Å². The van der Waals surface area contributed by atoms with Gasteiger partial charge in [-0.3, -0.25) is 0 Å². The molecule has 2 aliphatic rings. The van der Waals surface area contributed by atoms with E-state index in [0.717, 1.165) is 40.5 Å². The van der Waals surface area contributed by atoms with Crippen LogP contribution in [0.3, 0.4) is 0 Å². The third-order valence-corrected chi connectivity index (χ3v) is 21.3. The number of benzene rings is 13. The molecule has 0 amide bonds. The first-order valence-electron chi connectivity index (χ1n) is 32.7. The van der Waals surface area contributed by atoms with E-state index in [1.165, 1.54) is 125 Å². The first kappa shape index (κ1) is 57.2. The first-order valence-corrected chi connectivity index (χ1v) is 33.6. The molecule has 0 aliphatic carbocycles. The van der Waals surface area contributed by atoms with Gasteiger partial charge in [-0.25, -0.2) is 0 Å². The molecule has 1 aromatic heterocycles. The van der Waals surface area contributed by atoms with Crippen LogP contribution < -0.4 is 30.4 Å². The molecule has 0 N–H and O–H groups in total. The molecule has 0 saturated carbocycles. The smallest absolute Gasteiger partial charge is 0.264 e. The first-order chi connectivity index (χ1) is 44.6. The van der Waals surface area contributed by atoms with Crippen molar-refractivity contribution in [1.82, 2.24) is 0 Å². The maximum atomic E-state index is 2.68. The van der Waals surface area contributed by atoms with Crippen LogP contribution in [0.4, 0.5) is 51.2 Å². The lowest BCUT2D eigenvalue weighted by Crippen LogP contribution is -2.60. The SMILES string of the molecule is CCC(C)(C)c1ccc(N2c3cc(N(c4ccccc4)c4ccccc4)cc4c3B(c3ccc(-c5ccc(-c6ccccc6)cc5)cc3N4c3ccc(C(C)(C)C)cc3-c3ccc4c5ccccc5c5ccccc5c4c3)c3sc4ccc(C(C)(C)C)cc4c32)cc1. The molecule has 13 aromatic carbocycles. The van der Waals surface area contributed by atoms with Gasteiger partial charge in [0.1, 0.15) is 0 Å². The molecule has 0 spiro atoms. The summed E-state index contributed by atoms with van der Waals surface area (Å²) in [5.41, 5.74) is 23.7. The van der Waals surface area contributed by atoms with Crippen molar-refractivity contribution in [2.45, 2.75) is 85.0 Å². The molecule has 2 aliphatic heterocycles. The number of nitrogens with zero attached hydrogens (tertiary/aromatic N) is 3. The van der Waals surface area contributed by atoms with Crippen LogP contribution in [0.15, 0.2) is 273 Å². The van der Waals surface area contributed by atoms with Crippen molar-refractivity contribution in [3.63, 3.8) is 0 Å². The zero-order valence-electron chi connectivity index (χ0n) is 54.0. The highest BCUT2D eigenvalue weighted by Gasteiger charge is 2.47. The predicted octanol–water partition coefficient (Wildman–Crippen LogP) is 23.2. The lowest BCUT2D eigenvalue weighted by Gasteiger charge is -2.44. The molecule has 0 saturated heterocycles. The second kappa shape index (κ2) is 21.9. The quantitative estimate of drug-likeness (QED) is 0.0998. The Balaban J connectivity index is 1.04. The van der Waals surface area contributed by atoms with Gasteiger partial charge in [-0.2, -0.15) is 0 Å². The number of rotatable bonds is 10. The van der Waals surface area contributed by atoms with E-state index in [9.17, 15) is 0 Å². The van der Waals surface area contributed by atoms with E-state index in [4.69, 9.17) is 0 Å². The Morgan fingerprint density at radius 1 is 0.359 bits per heavy atom. The van der Waals surface area contributed by atoms with Crippen LogP contribution in [0.2, 0.25) is 0 Å². The molecule has 446 valence electrons. The van der Waals surface area contributed by atoms with Gasteiger partial charge in [0.15, 0.2) is 0 Å².